The summed E-state index contributed by atoms with van der Waals surface area (Å²) in [7, 11) is 0. The molecule has 0 unspecified atom stereocenters. The van der Waals surface area contributed by atoms with Crippen LogP contribution >= 0.6 is 11.6 Å². The van der Waals surface area contributed by atoms with Crippen LogP contribution < -0.4 is 9.80 Å². The minimum Gasteiger partial charge on any atom is -0.337 e. The van der Waals surface area contributed by atoms with E-state index in [-0.39, 0.29) is 5.28 Å². The van der Waals surface area contributed by atoms with E-state index >= 15 is 0 Å². The third kappa shape index (κ3) is 2.88. The fourth-order valence-electron chi connectivity index (χ4n) is 3.16. The third-order valence-electron chi connectivity index (χ3n) is 4.28. The molecule has 4 rings (SSSR count). The highest BCUT2D eigenvalue weighted by Gasteiger charge is 2.22. The second kappa shape index (κ2) is 6.16. The average Bonchev–Trinajstić information content (AvgIpc) is 2.61. The molecular formula is C17H18ClN5. The Labute approximate surface area is 140 Å². The topological polar surface area (TPSA) is 45.2 Å². The summed E-state index contributed by atoms with van der Waals surface area (Å²) in [5.74, 6) is 1.30. The first kappa shape index (κ1) is 14.5. The maximum absolute atomic E-state index is 6.18. The van der Waals surface area contributed by atoms with Gasteiger partial charge in [0.2, 0.25) is 17.2 Å². The van der Waals surface area contributed by atoms with Crippen LogP contribution in [0.25, 0.3) is 0 Å². The largest absolute Gasteiger partial charge is 0.337 e. The molecule has 1 aromatic heterocycles. The SMILES string of the molecule is Clc1nc(N2CC=CCC2)nc(N2CCCc3ccccc32)n1. The summed E-state index contributed by atoms with van der Waals surface area (Å²) in [6.45, 7) is 2.62. The van der Waals surface area contributed by atoms with Crippen molar-refractivity contribution in [1.29, 1.82) is 0 Å². The Morgan fingerprint density at radius 1 is 0.957 bits per heavy atom. The van der Waals surface area contributed by atoms with Crippen molar-refractivity contribution in [2.75, 3.05) is 29.4 Å². The number of fused-ring (bicyclic) bond motifs is 1. The van der Waals surface area contributed by atoms with Gasteiger partial charge in [0.15, 0.2) is 0 Å². The fourth-order valence-corrected chi connectivity index (χ4v) is 3.31. The molecule has 0 spiro atoms. The minimum atomic E-state index is 0.252. The summed E-state index contributed by atoms with van der Waals surface area (Å²) in [5, 5.41) is 0.252. The number of hydrogen-bond donors (Lipinski definition) is 0. The first-order valence-corrected chi connectivity index (χ1v) is 8.36. The number of para-hydroxylation sites is 1. The zero-order valence-corrected chi connectivity index (χ0v) is 13.6. The average molecular weight is 328 g/mol. The highest BCUT2D eigenvalue weighted by Crippen LogP contribution is 2.32. The van der Waals surface area contributed by atoms with Crippen LogP contribution in [0.1, 0.15) is 18.4 Å². The van der Waals surface area contributed by atoms with Crippen molar-refractivity contribution in [3.8, 4) is 0 Å². The second-order valence-electron chi connectivity index (χ2n) is 5.79. The summed E-state index contributed by atoms with van der Waals surface area (Å²) in [6, 6.07) is 8.42. The van der Waals surface area contributed by atoms with Crippen LogP contribution in [0.15, 0.2) is 36.4 Å². The molecule has 5 nitrogen and oxygen atoms in total. The van der Waals surface area contributed by atoms with Crippen molar-refractivity contribution in [3.05, 3.63) is 47.3 Å². The number of aryl methyl sites for hydroxylation is 1. The molecule has 0 amide bonds. The highest BCUT2D eigenvalue weighted by atomic mass is 35.5. The number of nitrogens with zero attached hydrogens (tertiary/aromatic N) is 5. The van der Waals surface area contributed by atoms with E-state index < -0.39 is 0 Å². The van der Waals surface area contributed by atoms with Crippen molar-refractivity contribution >= 4 is 29.2 Å². The summed E-state index contributed by atoms with van der Waals surface area (Å²) in [6.07, 6.45) is 7.50. The molecule has 0 radical (unpaired) electrons. The summed E-state index contributed by atoms with van der Waals surface area (Å²) in [4.78, 5) is 17.7. The standard InChI is InChI=1S/C17H18ClN5/c18-15-19-16(22-10-4-1-5-11-22)21-17(20-15)23-12-6-8-13-7-2-3-9-14(13)23/h1-4,7,9H,5-6,8,10-12H2. The summed E-state index contributed by atoms with van der Waals surface area (Å²) >= 11 is 6.18. The lowest BCUT2D eigenvalue weighted by atomic mass is 10.0. The van der Waals surface area contributed by atoms with Gasteiger partial charge in [-0.25, -0.2) is 0 Å². The van der Waals surface area contributed by atoms with Gasteiger partial charge in [-0.05, 0) is 42.5 Å². The predicted molar refractivity (Wildman–Crippen MR) is 92.6 cm³/mol. The van der Waals surface area contributed by atoms with E-state index in [0.717, 1.165) is 38.9 Å². The van der Waals surface area contributed by atoms with Gasteiger partial charge in [0.25, 0.3) is 0 Å². The van der Waals surface area contributed by atoms with Crippen molar-refractivity contribution in [2.45, 2.75) is 19.3 Å². The van der Waals surface area contributed by atoms with Crippen LogP contribution in [0.2, 0.25) is 5.28 Å². The molecule has 2 aliphatic rings. The second-order valence-corrected chi connectivity index (χ2v) is 6.13. The smallest absolute Gasteiger partial charge is 0.236 e. The first-order valence-electron chi connectivity index (χ1n) is 7.98. The Morgan fingerprint density at radius 3 is 2.70 bits per heavy atom. The Morgan fingerprint density at radius 2 is 1.83 bits per heavy atom. The van der Waals surface area contributed by atoms with Crippen LogP contribution in [-0.2, 0) is 6.42 Å². The molecule has 6 heteroatoms. The zero-order valence-electron chi connectivity index (χ0n) is 12.8. The van der Waals surface area contributed by atoms with Crippen LogP contribution in [0, 0.1) is 0 Å². The summed E-state index contributed by atoms with van der Waals surface area (Å²) in [5.41, 5.74) is 2.50. The Bertz CT molecular complexity index is 746. The minimum absolute atomic E-state index is 0.252. The fraction of sp³-hybridized carbons (Fsp3) is 0.353. The van der Waals surface area contributed by atoms with Gasteiger partial charge < -0.3 is 9.80 Å². The van der Waals surface area contributed by atoms with Gasteiger partial charge in [0.1, 0.15) is 0 Å². The van der Waals surface area contributed by atoms with Gasteiger partial charge in [0, 0.05) is 25.3 Å². The molecule has 0 N–H and O–H groups in total. The quantitative estimate of drug-likeness (QED) is 0.791. The van der Waals surface area contributed by atoms with E-state index in [9.17, 15) is 0 Å². The molecule has 0 saturated carbocycles. The van der Waals surface area contributed by atoms with E-state index in [4.69, 9.17) is 16.6 Å². The molecule has 0 atom stereocenters. The van der Waals surface area contributed by atoms with Gasteiger partial charge in [-0.3, -0.25) is 0 Å². The molecule has 2 aliphatic heterocycles. The van der Waals surface area contributed by atoms with Crippen molar-refractivity contribution in [3.63, 3.8) is 0 Å². The van der Waals surface area contributed by atoms with E-state index in [2.05, 4.69) is 56.2 Å². The van der Waals surface area contributed by atoms with Gasteiger partial charge in [-0.2, -0.15) is 15.0 Å². The lowest BCUT2D eigenvalue weighted by Crippen LogP contribution is -2.31. The number of hydrogen-bond acceptors (Lipinski definition) is 5. The highest BCUT2D eigenvalue weighted by molar-refractivity contribution is 6.28. The van der Waals surface area contributed by atoms with Crippen LogP contribution in [0.4, 0.5) is 17.6 Å². The van der Waals surface area contributed by atoms with Crippen LogP contribution in [0.5, 0.6) is 0 Å². The third-order valence-corrected chi connectivity index (χ3v) is 4.45. The number of benzene rings is 1. The molecular weight excluding hydrogens is 310 g/mol. The Hall–Kier alpha value is -2.14. The first-order chi connectivity index (χ1) is 11.3. The molecule has 3 heterocycles. The molecule has 2 aromatic rings. The normalized spacial score (nSPS) is 17.3. The van der Waals surface area contributed by atoms with Gasteiger partial charge >= 0.3 is 0 Å². The summed E-state index contributed by atoms with van der Waals surface area (Å²) < 4.78 is 0. The maximum Gasteiger partial charge on any atom is 0.236 e. The van der Waals surface area contributed by atoms with Crippen LogP contribution in [-0.4, -0.2) is 34.6 Å². The number of rotatable bonds is 2. The van der Waals surface area contributed by atoms with E-state index in [0.29, 0.717) is 11.9 Å². The van der Waals surface area contributed by atoms with Gasteiger partial charge in [-0.15, -0.1) is 0 Å². The van der Waals surface area contributed by atoms with Gasteiger partial charge in [0.05, 0.1) is 0 Å². The number of aromatic nitrogens is 3. The lowest BCUT2D eigenvalue weighted by molar-refractivity contribution is 0.736. The predicted octanol–water partition coefficient (Wildman–Crippen LogP) is 3.38. The number of anilines is 3. The van der Waals surface area contributed by atoms with Crippen molar-refractivity contribution in [2.24, 2.45) is 0 Å². The van der Waals surface area contributed by atoms with Gasteiger partial charge in [-0.1, -0.05) is 30.4 Å². The van der Waals surface area contributed by atoms with Crippen LogP contribution in [0.3, 0.4) is 0 Å². The lowest BCUT2D eigenvalue weighted by Gasteiger charge is -2.30. The molecule has 23 heavy (non-hydrogen) atoms. The van der Waals surface area contributed by atoms with E-state index in [1.54, 1.807) is 0 Å². The molecule has 1 aromatic carbocycles. The Kier molecular flexibility index (Phi) is 3.87. The molecule has 0 saturated heterocycles. The molecule has 0 aliphatic carbocycles. The zero-order chi connectivity index (χ0) is 15.6. The monoisotopic (exact) mass is 327 g/mol. The maximum atomic E-state index is 6.18. The molecule has 118 valence electrons. The van der Waals surface area contributed by atoms with Crippen molar-refractivity contribution < 1.29 is 0 Å². The van der Waals surface area contributed by atoms with Crippen molar-refractivity contribution in [1.82, 2.24) is 15.0 Å². The molecule has 0 fully saturated rings. The Balaban J connectivity index is 1.72. The molecule has 0 bridgehead atoms. The van der Waals surface area contributed by atoms with E-state index in [1.165, 1.54) is 11.3 Å². The number of halogens is 1. The van der Waals surface area contributed by atoms with E-state index in [1.807, 2.05) is 0 Å².